The van der Waals surface area contributed by atoms with Crippen LogP contribution in [0.2, 0.25) is 0 Å². The molecule has 4 rings (SSSR count). The maximum Gasteiger partial charge on any atom is 0.243 e. The van der Waals surface area contributed by atoms with Crippen molar-refractivity contribution in [1.82, 2.24) is 14.3 Å². The van der Waals surface area contributed by atoms with Crippen molar-refractivity contribution in [2.75, 3.05) is 69.9 Å². The number of anilines is 2. The molecule has 0 atom stereocenters. The summed E-state index contributed by atoms with van der Waals surface area (Å²) in [4.78, 5) is 26.2. The average Bonchev–Trinajstić information content (AvgIpc) is 2.96. The Hall–Kier alpha value is -3.54. The van der Waals surface area contributed by atoms with Crippen LogP contribution in [0.25, 0.3) is 0 Å². The number of piperazine rings is 1. The van der Waals surface area contributed by atoms with E-state index in [0.29, 0.717) is 30.1 Å². The van der Waals surface area contributed by atoms with E-state index < -0.39 is 10.0 Å². The molecule has 0 amide bonds. The van der Waals surface area contributed by atoms with Crippen molar-refractivity contribution < 1.29 is 22.7 Å². The molecular weight excluding hydrogens is 542 g/mol. The van der Waals surface area contributed by atoms with Crippen LogP contribution in [0.4, 0.5) is 11.5 Å². The zero-order chi connectivity index (χ0) is 29.4. The summed E-state index contributed by atoms with van der Waals surface area (Å²) in [7, 11) is -0.670. The van der Waals surface area contributed by atoms with Crippen LogP contribution in [-0.4, -0.2) is 88.6 Å². The van der Waals surface area contributed by atoms with Gasteiger partial charge in [0.15, 0.2) is 0 Å². The van der Waals surface area contributed by atoms with Gasteiger partial charge in [0.05, 0.1) is 11.5 Å². The van der Waals surface area contributed by atoms with Gasteiger partial charge in [-0.3, -0.25) is 9.78 Å². The minimum Gasteiger partial charge on any atom is -0.491 e. The zero-order valence-electron chi connectivity index (χ0n) is 24.2. The van der Waals surface area contributed by atoms with E-state index in [0.717, 1.165) is 37.6 Å². The number of benzene rings is 1. The smallest absolute Gasteiger partial charge is 0.243 e. The number of ether oxygens (including phenoxy) is 2. The number of hydrogen-bond donors (Lipinski definition) is 0. The number of nitrogens with zero attached hydrogens (tertiary/aromatic N) is 5. The van der Waals surface area contributed by atoms with Gasteiger partial charge in [0.1, 0.15) is 24.0 Å². The van der Waals surface area contributed by atoms with Crippen LogP contribution in [0.15, 0.2) is 59.9 Å². The predicted molar refractivity (Wildman–Crippen MR) is 159 cm³/mol. The Bertz CT molecular complexity index is 1390. The molecule has 0 unspecified atom stereocenters. The van der Waals surface area contributed by atoms with Crippen molar-refractivity contribution in [2.45, 2.75) is 31.6 Å². The maximum absolute atomic E-state index is 13.3. The lowest BCUT2D eigenvalue weighted by Gasteiger charge is -2.36. The first-order chi connectivity index (χ1) is 19.7. The van der Waals surface area contributed by atoms with E-state index in [1.165, 1.54) is 17.0 Å². The third-order valence-electron chi connectivity index (χ3n) is 7.21. The van der Waals surface area contributed by atoms with Gasteiger partial charge in [-0.25, -0.2) is 17.7 Å². The number of carbonyl (C=O) groups excluding carboxylic acids is 1. The minimum absolute atomic E-state index is 0.0390. The van der Waals surface area contributed by atoms with E-state index in [1.807, 2.05) is 36.7 Å². The van der Waals surface area contributed by atoms with Crippen molar-refractivity contribution in [3.8, 4) is 5.75 Å². The lowest BCUT2D eigenvalue weighted by molar-refractivity contribution is -0.118. The van der Waals surface area contributed by atoms with Gasteiger partial charge in [0, 0.05) is 84.0 Å². The number of aromatic nitrogens is 2. The van der Waals surface area contributed by atoms with Crippen LogP contribution in [0.1, 0.15) is 23.1 Å². The fraction of sp³-hybridized carbons (Fsp3) is 0.433. The Kier molecular flexibility index (Phi) is 10.3. The van der Waals surface area contributed by atoms with Crippen LogP contribution in [0, 0.1) is 13.8 Å². The zero-order valence-corrected chi connectivity index (χ0v) is 25.1. The molecule has 3 heterocycles. The van der Waals surface area contributed by atoms with Crippen molar-refractivity contribution in [3.05, 3.63) is 71.7 Å². The van der Waals surface area contributed by atoms with Gasteiger partial charge < -0.3 is 19.3 Å². The van der Waals surface area contributed by atoms with E-state index in [9.17, 15) is 13.2 Å². The summed E-state index contributed by atoms with van der Waals surface area (Å²) in [6, 6.07) is 11.4. The predicted octanol–water partition coefficient (Wildman–Crippen LogP) is 3.27. The summed E-state index contributed by atoms with van der Waals surface area (Å²) in [5.74, 6) is 1.45. The number of carbonyl (C=O) groups is 1. The second-order valence-electron chi connectivity index (χ2n) is 10.2. The molecule has 0 bridgehead atoms. The van der Waals surface area contributed by atoms with Crippen molar-refractivity contribution >= 4 is 27.3 Å². The molecule has 11 heteroatoms. The molecule has 0 N–H and O–H groups in total. The van der Waals surface area contributed by atoms with E-state index in [2.05, 4.69) is 19.8 Å². The molecule has 220 valence electrons. The number of aryl methyl sites for hydroxylation is 2. The Morgan fingerprint density at radius 2 is 1.63 bits per heavy atom. The van der Waals surface area contributed by atoms with Gasteiger partial charge in [-0.15, -0.1) is 0 Å². The molecule has 41 heavy (non-hydrogen) atoms. The van der Waals surface area contributed by atoms with Gasteiger partial charge in [-0.1, -0.05) is 6.07 Å². The topological polar surface area (TPSA) is 105 Å². The largest absolute Gasteiger partial charge is 0.491 e. The van der Waals surface area contributed by atoms with Crippen molar-refractivity contribution in [3.63, 3.8) is 0 Å². The lowest BCUT2D eigenvalue weighted by Crippen LogP contribution is -2.46. The highest BCUT2D eigenvalue weighted by Gasteiger charge is 2.26. The van der Waals surface area contributed by atoms with Gasteiger partial charge in [0.2, 0.25) is 10.0 Å². The molecule has 2 aromatic heterocycles. The van der Waals surface area contributed by atoms with Crippen LogP contribution in [0.5, 0.6) is 5.75 Å². The first-order valence-electron chi connectivity index (χ1n) is 13.7. The molecule has 0 aliphatic carbocycles. The summed E-state index contributed by atoms with van der Waals surface area (Å²) in [5.41, 5.74) is 3.18. The normalized spacial score (nSPS) is 14.0. The molecule has 1 aliphatic rings. The van der Waals surface area contributed by atoms with Crippen molar-refractivity contribution in [1.29, 1.82) is 0 Å². The number of pyridine rings is 2. The lowest BCUT2D eigenvalue weighted by atomic mass is 10.1. The number of Topliss-reactive ketones (excluding diaryl/α,β-unsaturated/α-hetero) is 1. The number of hydrogen-bond acceptors (Lipinski definition) is 9. The second kappa shape index (κ2) is 13.9. The summed E-state index contributed by atoms with van der Waals surface area (Å²) < 4.78 is 38.6. The number of rotatable bonds is 13. The van der Waals surface area contributed by atoms with Gasteiger partial charge >= 0.3 is 0 Å². The van der Waals surface area contributed by atoms with Crippen LogP contribution in [-0.2, 0) is 26.0 Å². The molecule has 1 aliphatic heterocycles. The summed E-state index contributed by atoms with van der Waals surface area (Å²) >= 11 is 0. The third kappa shape index (κ3) is 7.81. The van der Waals surface area contributed by atoms with Gasteiger partial charge in [-0.2, -0.15) is 0 Å². The Labute approximate surface area is 243 Å². The number of methoxy groups -OCH3 is 1. The Morgan fingerprint density at radius 1 is 0.976 bits per heavy atom. The van der Waals surface area contributed by atoms with Crippen LogP contribution < -0.4 is 14.5 Å². The van der Waals surface area contributed by atoms with E-state index in [1.54, 1.807) is 39.3 Å². The molecule has 10 nitrogen and oxygen atoms in total. The molecule has 0 saturated carbocycles. The molecule has 1 saturated heterocycles. The fourth-order valence-electron chi connectivity index (χ4n) is 4.97. The molecule has 1 fully saturated rings. The van der Waals surface area contributed by atoms with Crippen LogP contribution >= 0.6 is 0 Å². The summed E-state index contributed by atoms with van der Waals surface area (Å²) in [5, 5.41) is 0. The van der Waals surface area contributed by atoms with Gasteiger partial charge in [-0.05, 0) is 60.9 Å². The summed E-state index contributed by atoms with van der Waals surface area (Å²) in [6.07, 6.45) is 5.68. The molecule has 1 aromatic carbocycles. The molecule has 0 radical (unpaired) electrons. The maximum atomic E-state index is 13.3. The second-order valence-corrected chi connectivity index (χ2v) is 12.2. The van der Waals surface area contributed by atoms with E-state index >= 15 is 0 Å². The van der Waals surface area contributed by atoms with Crippen LogP contribution in [0.3, 0.4) is 0 Å². The first kappa shape index (κ1) is 30.4. The van der Waals surface area contributed by atoms with Crippen molar-refractivity contribution in [2.24, 2.45) is 0 Å². The first-order valence-corrected chi connectivity index (χ1v) is 15.2. The standard InChI is InChI=1S/C30H39N5O5S/c1-23-19-28(40-18-17-39-4)20-24(2)30(23)41(37,38)33(3)12-9-27(36)21-25-5-6-29(32-22-25)35-15-13-34(14-16-35)26-7-10-31-11-8-26/h5-8,10-11,19-20,22H,9,12-18,21H2,1-4H3. The van der Waals surface area contributed by atoms with E-state index in [4.69, 9.17) is 9.47 Å². The highest BCUT2D eigenvalue weighted by Crippen LogP contribution is 2.28. The fourth-order valence-corrected chi connectivity index (χ4v) is 6.55. The summed E-state index contributed by atoms with van der Waals surface area (Å²) in [6.45, 7) is 7.93. The number of sulfonamides is 1. The van der Waals surface area contributed by atoms with E-state index in [-0.39, 0.29) is 30.1 Å². The number of ketones is 1. The quantitative estimate of drug-likeness (QED) is 0.281. The SMILES string of the molecule is COCCOc1cc(C)c(S(=O)(=O)N(C)CCC(=O)Cc2ccc(N3CCN(c4ccncc4)CC3)nc2)c(C)c1. The minimum atomic E-state index is -3.77. The Morgan fingerprint density at radius 3 is 2.24 bits per heavy atom. The highest BCUT2D eigenvalue weighted by molar-refractivity contribution is 7.89. The molecule has 3 aromatic rings. The Balaban J connectivity index is 1.28. The average molecular weight is 582 g/mol. The van der Waals surface area contributed by atoms with Gasteiger partial charge in [0.25, 0.3) is 0 Å². The monoisotopic (exact) mass is 581 g/mol. The molecular formula is C30H39N5O5S. The molecule has 0 spiro atoms. The third-order valence-corrected chi connectivity index (χ3v) is 9.37. The highest BCUT2D eigenvalue weighted by atomic mass is 32.2.